The molecule has 22 heavy (non-hydrogen) atoms. The number of hydrogen-bond donors (Lipinski definition) is 3. The van der Waals surface area contributed by atoms with Crippen LogP contribution in [0.5, 0.6) is 0 Å². The van der Waals surface area contributed by atoms with Crippen LogP contribution in [0.4, 0.5) is 4.79 Å². The molecule has 126 valence electrons. The number of nitrogens with one attached hydrogen (secondary N) is 2. The summed E-state index contributed by atoms with van der Waals surface area (Å²) in [6, 6.07) is 0.372. The van der Waals surface area contributed by atoms with Crippen molar-refractivity contribution in [2.45, 2.75) is 64.5 Å². The van der Waals surface area contributed by atoms with Crippen LogP contribution in [0, 0.1) is 5.41 Å². The Hall–Kier alpha value is -1.30. The van der Waals surface area contributed by atoms with E-state index in [9.17, 15) is 9.59 Å². The summed E-state index contributed by atoms with van der Waals surface area (Å²) in [6.45, 7) is 5.75. The molecular weight excluding hydrogens is 282 g/mol. The SMILES string of the molecule is CCN(CC(=O)O)C1CC(NC(=O)NCC2(CC)CCC2)C1. The van der Waals surface area contributed by atoms with Crippen LogP contribution in [0.2, 0.25) is 0 Å². The van der Waals surface area contributed by atoms with Crippen molar-refractivity contribution in [3.05, 3.63) is 0 Å². The van der Waals surface area contributed by atoms with Gasteiger partial charge in [-0.3, -0.25) is 9.69 Å². The van der Waals surface area contributed by atoms with E-state index in [0.717, 1.165) is 32.4 Å². The second-order valence-electron chi connectivity index (χ2n) is 6.81. The molecule has 6 nitrogen and oxygen atoms in total. The number of carboxylic acid groups (broad SMARTS) is 1. The van der Waals surface area contributed by atoms with E-state index in [1.54, 1.807) is 0 Å². The minimum Gasteiger partial charge on any atom is -0.480 e. The molecule has 2 amide bonds. The number of carboxylic acids is 1. The van der Waals surface area contributed by atoms with Crippen molar-refractivity contribution >= 4 is 12.0 Å². The molecule has 0 bridgehead atoms. The molecule has 0 aliphatic heterocycles. The molecule has 0 unspecified atom stereocenters. The molecule has 0 spiro atoms. The van der Waals surface area contributed by atoms with Gasteiger partial charge in [0.2, 0.25) is 0 Å². The summed E-state index contributed by atoms with van der Waals surface area (Å²) in [5.74, 6) is -0.790. The first-order valence-corrected chi connectivity index (χ1v) is 8.48. The van der Waals surface area contributed by atoms with Gasteiger partial charge in [-0.05, 0) is 44.1 Å². The predicted octanol–water partition coefficient (Wildman–Crippen LogP) is 1.80. The zero-order valence-corrected chi connectivity index (χ0v) is 13.7. The molecule has 0 aromatic heterocycles. The minimum atomic E-state index is -0.790. The van der Waals surface area contributed by atoms with Crippen molar-refractivity contribution in [1.29, 1.82) is 0 Å². The number of likely N-dealkylation sites (N-methyl/N-ethyl adjacent to an activating group) is 1. The third-order valence-electron chi connectivity index (χ3n) is 5.50. The summed E-state index contributed by atoms with van der Waals surface area (Å²) in [7, 11) is 0. The zero-order valence-electron chi connectivity index (χ0n) is 13.7. The lowest BCUT2D eigenvalue weighted by Gasteiger charge is -2.43. The molecule has 0 atom stereocenters. The number of aliphatic carboxylic acids is 1. The van der Waals surface area contributed by atoms with Crippen molar-refractivity contribution in [2.24, 2.45) is 5.41 Å². The summed E-state index contributed by atoms with van der Waals surface area (Å²) in [5, 5.41) is 14.9. The van der Waals surface area contributed by atoms with Gasteiger partial charge in [0.15, 0.2) is 0 Å². The highest BCUT2D eigenvalue weighted by Gasteiger charge is 2.37. The lowest BCUT2D eigenvalue weighted by Crippen LogP contribution is -2.57. The van der Waals surface area contributed by atoms with Crippen LogP contribution in [0.15, 0.2) is 0 Å². The molecule has 0 aromatic rings. The average Bonchev–Trinajstić information content (AvgIpc) is 2.39. The standard InChI is InChI=1S/C16H29N3O3/c1-3-16(6-5-7-16)11-17-15(22)18-12-8-13(9-12)19(4-2)10-14(20)21/h12-13H,3-11H2,1-2H3,(H,20,21)(H2,17,18,22). The van der Waals surface area contributed by atoms with Crippen molar-refractivity contribution in [2.75, 3.05) is 19.6 Å². The van der Waals surface area contributed by atoms with Crippen LogP contribution in [0.1, 0.15) is 52.4 Å². The fourth-order valence-electron chi connectivity index (χ4n) is 3.51. The molecule has 3 N–H and O–H groups in total. The van der Waals surface area contributed by atoms with Crippen LogP contribution in [-0.4, -0.2) is 53.7 Å². The van der Waals surface area contributed by atoms with Gasteiger partial charge in [-0.2, -0.15) is 0 Å². The Bertz CT molecular complexity index is 398. The number of urea groups is 1. The fraction of sp³-hybridized carbons (Fsp3) is 0.875. The van der Waals surface area contributed by atoms with Gasteiger partial charge >= 0.3 is 12.0 Å². The number of nitrogens with zero attached hydrogens (tertiary/aromatic N) is 1. The topological polar surface area (TPSA) is 81.7 Å². The zero-order chi connectivity index (χ0) is 16.2. The van der Waals surface area contributed by atoms with Crippen LogP contribution >= 0.6 is 0 Å². The molecule has 6 heteroatoms. The lowest BCUT2D eigenvalue weighted by molar-refractivity contribution is -0.139. The molecule has 2 fully saturated rings. The summed E-state index contributed by atoms with van der Waals surface area (Å²) >= 11 is 0. The Morgan fingerprint density at radius 2 is 1.95 bits per heavy atom. The van der Waals surface area contributed by atoms with Crippen molar-refractivity contribution in [3.8, 4) is 0 Å². The Morgan fingerprint density at radius 3 is 2.41 bits per heavy atom. The molecule has 0 saturated heterocycles. The van der Waals surface area contributed by atoms with E-state index in [0.29, 0.717) is 5.41 Å². The van der Waals surface area contributed by atoms with Crippen molar-refractivity contribution in [1.82, 2.24) is 15.5 Å². The van der Waals surface area contributed by atoms with Gasteiger partial charge < -0.3 is 15.7 Å². The highest BCUT2D eigenvalue weighted by Crippen LogP contribution is 2.43. The van der Waals surface area contributed by atoms with E-state index in [4.69, 9.17) is 5.11 Å². The molecule has 2 aliphatic carbocycles. The first-order valence-electron chi connectivity index (χ1n) is 8.48. The number of amides is 2. The third-order valence-corrected chi connectivity index (χ3v) is 5.50. The maximum absolute atomic E-state index is 11.9. The molecular formula is C16H29N3O3. The number of rotatable bonds is 8. The number of hydrogen-bond acceptors (Lipinski definition) is 3. The quantitative estimate of drug-likeness (QED) is 0.638. The van der Waals surface area contributed by atoms with Crippen molar-refractivity contribution in [3.63, 3.8) is 0 Å². The largest absolute Gasteiger partial charge is 0.480 e. The third kappa shape index (κ3) is 4.12. The average molecular weight is 311 g/mol. The monoisotopic (exact) mass is 311 g/mol. The summed E-state index contributed by atoms with van der Waals surface area (Å²) in [6.07, 6.45) is 6.52. The van der Waals surface area contributed by atoms with E-state index in [1.165, 1.54) is 19.3 Å². The highest BCUT2D eigenvalue weighted by molar-refractivity contribution is 5.74. The van der Waals surface area contributed by atoms with Gasteiger partial charge in [-0.1, -0.05) is 20.3 Å². The second-order valence-corrected chi connectivity index (χ2v) is 6.81. The van der Waals surface area contributed by atoms with Crippen molar-refractivity contribution < 1.29 is 14.7 Å². The first-order chi connectivity index (χ1) is 10.5. The normalized spacial score (nSPS) is 26.0. The van der Waals surface area contributed by atoms with Crippen LogP contribution < -0.4 is 10.6 Å². The smallest absolute Gasteiger partial charge is 0.317 e. The maximum Gasteiger partial charge on any atom is 0.317 e. The minimum absolute atomic E-state index is 0.0792. The number of carbonyl (C=O) groups is 2. The highest BCUT2D eigenvalue weighted by atomic mass is 16.4. The van der Waals surface area contributed by atoms with Gasteiger partial charge in [0.1, 0.15) is 0 Å². The second kappa shape index (κ2) is 7.31. The van der Waals surface area contributed by atoms with E-state index in [1.807, 2.05) is 11.8 Å². The van der Waals surface area contributed by atoms with Gasteiger partial charge in [0.25, 0.3) is 0 Å². The van der Waals surface area contributed by atoms with E-state index >= 15 is 0 Å². The Morgan fingerprint density at radius 1 is 1.27 bits per heavy atom. The Kier molecular flexibility index (Phi) is 5.67. The summed E-state index contributed by atoms with van der Waals surface area (Å²) in [5.41, 5.74) is 0.333. The molecule has 0 radical (unpaired) electrons. The van der Waals surface area contributed by atoms with Gasteiger partial charge in [0.05, 0.1) is 6.54 Å². The number of carbonyl (C=O) groups excluding carboxylic acids is 1. The van der Waals surface area contributed by atoms with Crippen LogP contribution in [0.25, 0.3) is 0 Å². The lowest BCUT2D eigenvalue weighted by atomic mass is 9.67. The molecule has 0 heterocycles. The summed E-state index contributed by atoms with van der Waals surface area (Å²) in [4.78, 5) is 24.7. The van der Waals surface area contributed by atoms with Crippen LogP contribution in [-0.2, 0) is 4.79 Å². The summed E-state index contributed by atoms with van der Waals surface area (Å²) < 4.78 is 0. The molecule has 2 rings (SSSR count). The fourth-order valence-corrected chi connectivity index (χ4v) is 3.51. The van der Waals surface area contributed by atoms with Gasteiger partial charge in [-0.25, -0.2) is 4.79 Å². The Labute approximate surface area is 132 Å². The maximum atomic E-state index is 11.9. The van der Waals surface area contributed by atoms with E-state index < -0.39 is 5.97 Å². The van der Waals surface area contributed by atoms with Crippen LogP contribution in [0.3, 0.4) is 0 Å². The Balaban J connectivity index is 1.64. The molecule has 2 aliphatic rings. The van der Waals surface area contributed by atoms with E-state index in [2.05, 4.69) is 17.6 Å². The predicted molar refractivity (Wildman–Crippen MR) is 84.8 cm³/mol. The van der Waals surface area contributed by atoms with E-state index in [-0.39, 0.29) is 24.7 Å². The van der Waals surface area contributed by atoms with Gasteiger partial charge in [-0.15, -0.1) is 0 Å². The van der Waals surface area contributed by atoms with Gasteiger partial charge in [0, 0.05) is 18.6 Å². The first kappa shape index (κ1) is 17.1. The molecule has 0 aromatic carbocycles. The molecule has 2 saturated carbocycles.